The Morgan fingerprint density at radius 2 is 1.77 bits per heavy atom. The number of ketones is 2. The number of fused-ring (bicyclic) bond motifs is 1. The Balaban J connectivity index is 1.69. The maximum absolute atomic E-state index is 13.2. The van der Waals surface area contributed by atoms with Gasteiger partial charge in [0.1, 0.15) is 0 Å². The Morgan fingerprint density at radius 1 is 1.06 bits per heavy atom. The first-order chi connectivity index (χ1) is 14.6. The molecule has 0 radical (unpaired) electrons. The highest BCUT2D eigenvalue weighted by Crippen LogP contribution is 2.72. The van der Waals surface area contributed by atoms with Crippen LogP contribution in [0, 0.1) is 39.9 Å². The molecular formula is C27H34O4. The van der Waals surface area contributed by atoms with Gasteiger partial charge in [-0.3, -0.25) is 14.4 Å². The second kappa shape index (κ2) is 6.52. The van der Waals surface area contributed by atoms with Crippen molar-refractivity contribution in [2.75, 3.05) is 7.11 Å². The number of carbonyl (C=O) groups excluding carboxylic acids is 3. The van der Waals surface area contributed by atoms with Crippen molar-refractivity contribution in [3.05, 3.63) is 34.9 Å². The molecule has 0 aromatic rings. The van der Waals surface area contributed by atoms with Gasteiger partial charge < -0.3 is 4.74 Å². The van der Waals surface area contributed by atoms with Gasteiger partial charge in [-0.1, -0.05) is 38.8 Å². The average molecular weight is 423 g/mol. The number of rotatable bonds is 2. The molecule has 0 amide bonds. The van der Waals surface area contributed by atoms with Crippen LogP contribution in [0.25, 0.3) is 0 Å². The van der Waals surface area contributed by atoms with E-state index in [4.69, 9.17) is 4.74 Å². The van der Waals surface area contributed by atoms with E-state index in [-0.39, 0.29) is 46.1 Å². The molecule has 6 unspecified atom stereocenters. The van der Waals surface area contributed by atoms with Gasteiger partial charge >= 0.3 is 5.97 Å². The summed E-state index contributed by atoms with van der Waals surface area (Å²) in [7, 11) is 1.50. The van der Waals surface area contributed by atoms with Crippen LogP contribution >= 0.6 is 0 Å². The van der Waals surface area contributed by atoms with Crippen molar-refractivity contribution in [1.29, 1.82) is 0 Å². The normalized spacial score (nSPS) is 43.4. The van der Waals surface area contributed by atoms with Gasteiger partial charge in [-0.15, -0.1) is 0 Å². The zero-order valence-corrected chi connectivity index (χ0v) is 19.4. The van der Waals surface area contributed by atoms with Crippen molar-refractivity contribution in [3.8, 4) is 0 Å². The van der Waals surface area contributed by atoms with E-state index in [1.807, 2.05) is 0 Å². The summed E-state index contributed by atoms with van der Waals surface area (Å²) in [4.78, 5) is 39.2. The Labute approximate surface area is 185 Å². The number of esters is 1. The molecule has 6 rings (SSSR count). The van der Waals surface area contributed by atoms with E-state index >= 15 is 0 Å². The molecule has 0 aliphatic heterocycles. The van der Waals surface area contributed by atoms with Gasteiger partial charge in [0.2, 0.25) is 0 Å². The van der Waals surface area contributed by atoms with Crippen molar-refractivity contribution < 1.29 is 19.1 Å². The second-order valence-electron chi connectivity index (χ2n) is 11.4. The Morgan fingerprint density at radius 3 is 2.45 bits per heavy atom. The number of allylic oxidation sites excluding steroid dienone is 6. The number of ether oxygens (including phenoxy) is 1. The van der Waals surface area contributed by atoms with Crippen LogP contribution in [-0.2, 0) is 19.1 Å². The largest absolute Gasteiger partial charge is 0.469 e. The van der Waals surface area contributed by atoms with E-state index in [1.165, 1.54) is 24.8 Å². The molecule has 0 N–H and O–H groups in total. The van der Waals surface area contributed by atoms with Gasteiger partial charge in [-0.25, -0.2) is 0 Å². The standard InChI is InChI=1S/C27H34O4/c1-15(2)17-14-27-12-9-20-25(3,10-6-11-26(20,4)24(30)31-5)21(27)13-16(17)22-18(28)7-8-19(29)23(22)27/h7-8,14-16,20-21H,6,9-13H2,1-5H3. The molecule has 6 aliphatic rings. The molecule has 0 saturated heterocycles. The summed E-state index contributed by atoms with van der Waals surface area (Å²) in [5, 5.41) is 0. The lowest BCUT2D eigenvalue weighted by atomic mass is 9.36. The number of methoxy groups -OCH3 is 1. The van der Waals surface area contributed by atoms with Crippen LogP contribution in [0.3, 0.4) is 0 Å². The Bertz CT molecular complexity index is 981. The summed E-state index contributed by atoms with van der Waals surface area (Å²) >= 11 is 0. The van der Waals surface area contributed by atoms with Gasteiger partial charge in [-0.05, 0) is 74.3 Å². The number of hydrogen-bond donors (Lipinski definition) is 0. The van der Waals surface area contributed by atoms with Crippen LogP contribution in [0.5, 0.6) is 0 Å². The predicted octanol–water partition coefficient (Wildman–Crippen LogP) is 4.99. The molecule has 31 heavy (non-hydrogen) atoms. The van der Waals surface area contributed by atoms with E-state index < -0.39 is 5.41 Å². The summed E-state index contributed by atoms with van der Waals surface area (Å²) < 4.78 is 5.28. The van der Waals surface area contributed by atoms with Crippen molar-refractivity contribution in [3.63, 3.8) is 0 Å². The highest BCUT2D eigenvalue weighted by atomic mass is 16.5. The quantitative estimate of drug-likeness (QED) is 0.357. The first-order valence-electron chi connectivity index (χ1n) is 11.9. The molecular weight excluding hydrogens is 388 g/mol. The minimum absolute atomic E-state index is 0.0249. The zero-order valence-electron chi connectivity index (χ0n) is 19.4. The molecule has 4 nitrogen and oxygen atoms in total. The third kappa shape index (κ3) is 2.45. The number of hydrogen-bond acceptors (Lipinski definition) is 4. The highest BCUT2D eigenvalue weighted by molar-refractivity contribution is 6.22. The second-order valence-corrected chi connectivity index (χ2v) is 11.4. The fraction of sp³-hybridized carbons (Fsp3) is 0.667. The lowest BCUT2D eigenvalue weighted by molar-refractivity contribution is -0.178. The molecule has 2 bridgehead atoms. The van der Waals surface area contributed by atoms with Crippen LogP contribution in [0.1, 0.15) is 66.2 Å². The van der Waals surface area contributed by atoms with Gasteiger partial charge in [0, 0.05) is 22.5 Å². The molecule has 166 valence electrons. The lowest BCUT2D eigenvalue weighted by Crippen LogP contribution is -2.62. The SMILES string of the molecule is COC(=O)C1(C)CCCC2(C)C1CCC13C=C(C(C)C)C(CC12)C1=C3C(=O)C=CC1=O. The lowest BCUT2D eigenvalue weighted by Gasteiger charge is -2.66. The van der Waals surface area contributed by atoms with Crippen LogP contribution in [-0.4, -0.2) is 24.6 Å². The van der Waals surface area contributed by atoms with E-state index in [0.717, 1.165) is 49.7 Å². The first-order valence-corrected chi connectivity index (χ1v) is 11.9. The van der Waals surface area contributed by atoms with E-state index in [1.54, 1.807) is 0 Å². The summed E-state index contributed by atoms with van der Waals surface area (Å²) in [5.74, 6) is 0.855. The van der Waals surface area contributed by atoms with Crippen molar-refractivity contribution in [2.45, 2.75) is 66.2 Å². The minimum Gasteiger partial charge on any atom is -0.469 e. The van der Waals surface area contributed by atoms with E-state index in [2.05, 4.69) is 33.8 Å². The van der Waals surface area contributed by atoms with Gasteiger partial charge in [0.05, 0.1) is 12.5 Å². The third-order valence-corrected chi connectivity index (χ3v) is 9.84. The molecule has 1 spiro atoms. The van der Waals surface area contributed by atoms with Gasteiger partial charge in [-0.2, -0.15) is 0 Å². The summed E-state index contributed by atoms with van der Waals surface area (Å²) in [6.07, 6.45) is 10.9. The fourth-order valence-electron chi connectivity index (χ4n) is 8.65. The summed E-state index contributed by atoms with van der Waals surface area (Å²) in [5.41, 5.74) is 1.99. The molecule has 0 aromatic heterocycles. The predicted molar refractivity (Wildman–Crippen MR) is 118 cm³/mol. The van der Waals surface area contributed by atoms with Crippen molar-refractivity contribution in [1.82, 2.24) is 0 Å². The van der Waals surface area contributed by atoms with Gasteiger partial charge in [0.25, 0.3) is 0 Å². The fourth-order valence-corrected chi connectivity index (χ4v) is 8.65. The monoisotopic (exact) mass is 422 g/mol. The third-order valence-electron chi connectivity index (χ3n) is 9.84. The van der Waals surface area contributed by atoms with E-state index in [9.17, 15) is 14.4 Å². The highest BCUT2D eigenvalue weighted by Gasteiger charge is 2.67. The van der Waals surface area contributed by atoms with E-state index in [0.29, 0.717) is 5.92 Å². The molecule has 6 aliphatic carbocycles. The minimum atomic E-state index is -0.478. The molecule has 0 aromatic carbocycles. The maximum Gasteiger partial charge on any atom is 0.311 e. The average Bonchev–Trinajstić information content (AvgIpc) is 2.74. The Hall–Kier alpha value is -1.97. The van der Waals surface area contributed by atoms with Crippen LogP contribution in [0.2, 0.25) is 0 Å². The van der Waals surface area contributed by atoms with Crippen LogP contribution in [0.15, 0.2) is 34.9 Å². The maximum atomic E-state index is 13.2. The summed E-state index contributed by atoms with van der Waals surface area (Å²) in [6.45, 7) is 8.85. The molecule has 4 heteroatoms. The topological polar surface area (TPSA) is 60.4 Å². The smallest absolute Gasteiger partial charge is 0.311 e. The van der Waals surface area contributed by atoms with Crippen molar-refractivity contribution in [2.24, 2.45) is 39.9 Å². The van der Waals surface area contributed by atoms with Crippen LogP contribution in [0.4, 0.5) is 0 Å². The first kappa shape index (κ1) is 20.9. The Kier molecular flexibility index (Phi) is 4.40. The van der Waals surface area contributed by atoms with Crippen molar-refractivity contribution >= 4 is 17.5 Å². The zero-order chi connectivity index (χ0) is 22.3. The van der Waals surface area contributed by atoms with Crippen LogP contribution < -0.4 is 0 Å². The molecule has 2 fully saturated rings. The molecule has 6 atom stereocenters. The molecule has 2 saturated carbocycles. The summed E-state index contributed by atoms with van der Waals surface area (Å²) in [6, 6.07) is 0. The number of carbonyl (C=O) groups is 3. The van der Waals surface area contributed by atoms with Gasteiger partial charge in [0.15, 0.2) is 11.6 Å². The molecule has 0 heterocycles.